The van der Waals surface area contributed by atoms with Crippen LogP contribution >= 0.6 is 23.8 Å². The van der Waals surface area contributed by atoms with Crippen molar-refractivity contribution in [2.45, 2.75) is 12.8 Å². The van der Waals surface area contributed by atoms with Crippen LogP contribution in [0.2, 0.25) is 5.02 Å². The quantitative estimate of drug-likeness (QED) is 0.768. The second-order valence-corrected chi connectivity index (χ2v) is 6.75. The summed E-state index contributed by atoms with van der Waals surface area (Å²) in [4.78, 5) is 25.3. The predicted molar refractivity (Wildman–Crippen MR) is 109 cm³/mol. The first-order valence-electron chi connectivity index (χ1n) is 8.02. The van der Waals surface area contributed by atoms with Crippen molar-refractivity contribution < 1.29 is 9.59 Å². The second kappa shape index (κ2) is 9.31. The molecule has 0 atom stereocenters. The molecule has 7 heteroatoms. The van der Waals surface area contributed by atoms with Gasteiger partial charge in [0.1, 0.15) is 0 Å². The van der Waals surface area contributed by atoms with Crippen LogP contribution in [0.1, 0.15) is 22.3 Å². The van der Waals surface area contributed by atoms with Crippen molar-refractivity contribution in [2.24, 2.45) is 0 Å². The average Bonchev–Trinajstić information content (AvgIpc) is 2.60. The fourth-order valence-corrected chi connectivity index (χ4v) is 2.60. The van der Waals surface area contributed by atoms with E-state index in [9.17, 15) is 9.59 Å². The Morgan fingerprint density at radius 2 is 1.81 bits per heavy atom. The zero-order chi connectivity index (χ0) is 19.1. The van der Waals surface area contributed by atoms with E-state index in [1.807, 2.05) is 24.3 Å². The molecule has 0 saturated heterocycles. The maximum Gasteiger partial charge on any atom is 0.257 e. The molecular weight excluding hydrogens is 370 g/mol. The highest BCUT2D eigenvalue weighted by Gasteiger charge is 2.09. The topological polar surface area (TPSA) is 61.4 Å². The van der Waals surface area contributed by atoms with Crippen LogP contribution in [0.15, 0.2) is 48.5 Å². The first kappa shape index (κ1) is 19.9. The van der Waals surface area contributed by atoms with E-state index in [4.69, 9.17) is 23.8 Å². The number of amides is 2. The Labute approximate surface area is 163 Å². The van der Waals surface area contributed by atoms with Crippen molar-refractivity contribution in [1.82, 2.24) is 10.2 Å². The number of carbonyl (C=O) groups is 2. The van der Waals surface area contributed by atoms with Gasteiger partial charge in [0.25, 0.3) is 5.91 Å². The number of benzene rings is 2. The summed E-state index contributed by atoms with van der Waals surface area (Å²) in [5, 5.41) is 6.26. The second-order valence-electron chi connectivity index (χ2n) is 5.90. The number of nitrogens with one attached hydrogen (secondary N) is 2. The van der Waals surface area contributed by atoms with Gasteiger partial charge in [0.2, 0.25) is 5.91 Å². The average molecular weight is 390 g/mol. The van der Waals surface area contributed by atoms with Crippen LogP contribution in [-0.4, -0.2) is 35.9 Å². The Bertz CT molecular complexity index is 807. The summed E-state index contributed by atoms with van der Waals surface area (Å²) in [5.74, 6) is -0.235. The molecule has 2 aromatic rings. The maximum atomic E-state index is 12.1. The summed E-state index contributed by atoms with van der Waals surface area (Å²) >= 11 is 11.0. The van der Waals surface area contributed by atoms with Crippen LogP contribution in [0, 0.1) is 0 Å². The molecular formula is C19H20ClN3O2S. The van der Waals surface area contributed by atoms with Crippen molar-refractivity contribution >= 4 is 46.4 Å². The smallest absolute Gasteiger partial charge is 0.257 e. The first-order chi connectivity index (χ1) is 12.3. The molecule has 0 radical (unpaired) electrons. The molecule has 0 aromatic heterocycles. The Kier molecular flexibility index (Phi) is 7.12. The van der Waals surface area contributed by atoms with E-state index in [1.54, 1.807) is 43.3 Å². The number of aryl methyl sites for hydroxylation is 1. The highest BCUT2D eigenvalue weighted by molar-refractivity contribution is 7.80. The van der Waals surface area contributed by atoms with Gasteiger partial charge in [-0.05, 0) is 54.5 Å². The van der Waals surface area contributed by atoms with Gasteiger partial charge in [-0.1, -0.05) is 29.8 Å². The number of rotatable bonds is 5. The van der Waals surface area contributed by atoms with Gasteiger partial charge < -0.3 is 10.2 Å². The minimum Gasteiger partial charge on any atom is -0.349 e. The fourth-order valence-electron chi connectivity index (χ4n) is 2.20. The van der Waals surface area contributed by atoms with Crippen LogP contribution < -0.4 is 10.6 Å². The van der Waals surface area contributed by atoms with Crippen LogP contribution in [0.5, 0.6) is 0 Å². The van der Waals surface area contributed by atoms with Crippen molar-refractivity contribution in [3.63, 3.8) is 0 Å². The molecule has 5 nitrogen and oxygen atoms in total. The predicted octanol–water partition coefficient (Wildman–Crippen LogP) is 3.49. The molecule has 2 aromatic carbocycles. The van der Waals surface area contributed by atoms with E-state index in [2.05, 4.69) is 10.6 Å². The van der Waals surface area contributed by atoms with Crippen LogP contribution in [0.3, 0.4) is 0 Å². The number of thiocarbonyl (C=S) groups is 1. The Morgan fingerprint density at radius 1 is 1.12 bits per heavy atom. The molecule has 0 bridgehead atoms. The number of nitrogens with zero attached hydrogens (tertiary/aromatic N) is 1. The molecule has 0 aliphatic rings. The van der Waals surface area contributed by atoms with Gasteiger partial charge in [0.15, 0.2) is 5.11 Å². The molecule has 0 heterocycles. The van der Waals surface area contributed by atoms with Gasteiger partial charge in [-0.2, -0.15) is 0 Å². The first-order valence-corrected chi connectivity index (χ1v) is 8.81. The molecule has 0 spiro atoms. The lowest BCUT2D eigenvalue weighted by Crippen LogP contribution is -2.34. The van der Waals surface area contributed by atoms with E-state index < -0.39 is 0 Å². The lowest BCUT2D eigenvalue weighted by molar-refractivity contribution is -0.128. The molecule has 0 aliphatic heterocycles. The number of hydrogen-bond acceptors (Lipinski definition) is 3. The minimum atomic E-state index is -0.330. The molecule has 2 amide bonds. The monoisotopic (exact) mass is 389 g/mol. The van der Waals surface area contributed by atoms with E-state index in [0.717, 1.165) is 11.3 Å². The van der Waals surface area contributed by atoms with Gasteiger partial charge in [-0.3, -0.25) is 14.9 Å². The maximum absolute atomic E-state index is 12.1. The molecule has 0 fully saturated rings. The van der Waals surface area contributed by atoms with Gasteiger partial charge in [0, 0.05) is 36.8 Å². The molecule has 0 unspecified atom stereocenters. The molecule has 2 rings (SSSR count). The van der Waals surface area contributed by atoms with E-state index in [0.29, 0.717) is 23.4 Å². The van der Waals surface area contributed by atoms with E-state index in [1.165, 1.54) is 0 Å². The molecule has 0 aliphatic carbocycles. The number of anilines is 1. The summed E-state index contributed by atoms with van der Waals surface area (Å²) in [6.45, 7) is 0. The third kappa shape index (κ3) is 6.13. The number of halogens is 1. The highest BCUT2D eigenvalue weighted by atomic mass is 35.5. The van der Waals surface area contributed by atoms with Crippen LogP contribution in [-0.2, 0) is 11.2 Å². The molecule has 2 N–H and O–H groups in total. The van der Waals surface area contributed by atoms with Gasteiger partial charge in [-0.15, -0.1) is 0 Å². The van der Waals surface area contributed by atoms with Crippen LogP contribution in [0.25, 0.3) is 0 Å². The summed E-state index contributed by atoms with van der Waals surface area (Å²) in [5.41, 5.74) is 2.24. The van der Waals surface area contributed by atoms with Gasteiger partial charge >= 0.3 is 0 Å². The number of carbonyl (C=O) groups excluding carboxylic acids is 2. The van der Waals surface area contributed by atoms with E-state index in [-0.39, 0.29) is 16.9 Å². The lowest BCUT2D eigenvalue weighted by Gasteiger charge is -2.11. The normalized spacial score (nSPS) is 10.1. The lowest BCUT2D eigenvalue weighted by atomic mass is 10.1. The van der Waals surface area contributed by atoms with E-state index >= 15 is 0 Å². The standard InChI is InChI=1S/C19H20ClN3O2S/c1-23(2)17(24)11-8-13-6-9-16(10-7-13)21-19(26)22-18(25)14-4-3-5-15(20)12-14/h3-7,9-10,12H,8,11H2,1-2H3,(H2,21,22,25,26). The molecule has 0 saturated carbocycles. The van der Waals surface area contributed by atoms with Crippen LogP contribution in [0.4, 0.5) is 5.69 Å². The Balaban J connectivity index is 1.87. The third-order valence-electron chi connectivity index (χ3n) is 3.65. The zero-order valence-corrected chi connectivity index (χ0v) is 16.2. The summed E-state index contributed by atoms with van der Waals surface area (Å²) in [6.07, 6.45) is 1.14. The SMILES string of the molecule is CN(C)C(=O)CCc1ccc(NC(=S)NC(=O)c2cccc(Cl)c2)cc1. The van der Waals surface area contributed by atoms with Crippen molar-refractivity contribution in [2.75, 3.05) is 19.4 Å². The summed E-state index contributed by atoms with van der Waals surface area (Å²) in [6, 6.07) is 14.2. The fraction of sp³-hybridized carbons (Fsp3) is 0.211. The minimum absolute atomic E-state index is 0.0945. The Morgan fingerprint density at radius 3 is 2.42 bits per heavy atom. The number of hydrogen-bond donors (Lipinski definition) is 2. The van der Waals surface area contributed by atoms with Gasteiger partial charge in [-0.25, -0.2) is 0 Å². The Hall–Kier alpha value is -2.44. The van der Waals surface area contributed by atoms with Crippen molar-refractivity contribution in [3.8, 4) is 0 Å². The van der Waals surface area contributed by atoms with Crippen molar-refractivity contribution in [1.29, 1.82) is 0 Å². The summed E-state index contributed by atoms with van der Waals surface area (Å²) < 4.78 is 0. The van der Waals surface area contributed by atoms with Crippen molar-refractivity contribution in [3.05, 3.63) is 64.7 Å². The molecule has 26 heavy (non-hydrogen) atoms. The van der Waals surface area contributed by atoms with Gasteiger partial charge in [0.05, 0.1) is 0 Å². The molecule has 136 valence electrons. The zero-order valence-electron chi connectivity index (χ0n) is 14.6. The largest absolute Gasteiger partial charge is 0.349 e. The summed E-state index contributed by atoms with van der Waals surface area (Å²) in [7, 11) is 3.49. The third-order valence-corrected chi connectivity index (χ3v) is 4.09. The highest BCUT2D eigenvalue weighted by Crippen LogP contribution is 2.13.